The second-order valence-corrected chi connectivity index (χ2v) is 4.47. The number of carboxylic acids is 1. The molecule has 1 amide bonds. The van der Waals surface area contributed by atoms with E-state index < -0.39 is 29.2 Å². The highest BCUT2D eigenvalue weighted by atomic mass is 19.1. The molecule has 0 aromatic carbocycles. The fraction of sp³-hybridized carbons (Fsp3) is 0.364. The van der Waals surface area contributed by atoms with Gasteiger partial charge in [-0.3, -0.25) is 5.32 Å². The number of aromatic carboxylic acids is 1. The lowest BCUT2D eigenvalue weighted by Crippen LogP contribution is -2.27. The summed E-state index contributed by atoms with van der Waals surface area (Å²) >= 11 is 0. The van der Waals surface area contributed by atoms with Gasteiger partial charge in [0, 0.05) is 0 Å². The van der Waals surface area contributed by atoms with Gasteiger partial charge < -0.3 is 9.84 Å². The molecular weight excluding hydrogens is 243 g/mol. The molecule has 1 heterocycles. The highest BCUT2D eigenvalue weighted by Gasteiger charge is 2.18. The van der Waals surface area contributed by atoms with Crippen LogP contribution < -0.4 is 5.32 Å². The number of amides is 1. The van der Waals surface area contributed by atoms with Crippen LogP contribution in [0.2, 0.25) is 0 Å². The Hall–Kier alpha value is -2.18. The van der Waals surface area contributed by atoms with Crippen molar-refractivity contribution in [3.8, 4) is 0 Å². The molecule has 0 bridgehead atoms. The number of nitrogens with zero attached hydrogens (tertiary/aromatic N) is 1. The van der Waals surface area contributed by atoms with E-state index in [0.29, 0.717) is 0 Å². The Bertz CT molecular complexity index is 482. The predicted octanol–water partition coefficient (Wildman–Crippen LogP) is 2.27. The molecule has 0 aliphatic rings. The summed E-state index contributed by atoms with van der Waals surface area (Å²) in [4.78, 5) is 25.2. The van der Waals surface area contributed by atoms with Gasteiger partial charge in [0.25, 0.3) is 0 Å². The summed E-state index contributed by atoms with van der Waals surface area (Å²) in [5.74, 6) is -2.72. The lowest BCUT2D eigenvalue weighted by Gasteiger charge is -2.19. The number of hydrogen-bond acceptors (Lipinski definition) is 4. The Labute approximate surface area is 103 Å². The summed E-state index contributed by atoms with van der Waals surface area (Å²) in [6, 6.07) is 2.19. The molecule has 18 heavy (non-hydrogen) atoms. The first-order valence-corrected chi connectivity index (χ1v) is 5.09. The van der Waals surface area contributed by atoms with Gasteiger partial charge in [0.1, 0.15) is 17.0 Å². The number of anilines is 1. The largest absolute Gasteiger partial charge is 0.478 e. The number of nitrogens with one attached hydrogen (secondary N) is 1. The second kappa shape index (κ2) is 4.99. The number of halogens is 1. The third-order valence-corrected chi connectivity index (χ3v) is 1.71. The molecule has 98 valence electrons. The number of pyridine rings is 1. The van der Waals surface area contributed by atoms with Crippen molar-refractivity contribution in [3.05, 3.63) is 23.6 Å². The van der Waals surface area contributed by atoms with E-state index in [1.807, 2.05) is 0 Å². The van der Waals surface area contributed by atoms with Crippen molar-refractivity contribution >= 4 is 17.9 Å². The minimum atomic E-state index is -1.43. The van der Waals surface area contributed by atoms with Gasteiger partial charge in [-0.25, -0.2) is 14.6 Å². The van der Waals surface area contributed by atoms with Gasteiger partial charge in [-0.05, 0) is 32.9 Å². The number of ether oxygens (including phenoxy) is 1. The molecule has 0 aliphatic carbocycles. The number of carbonyl (C=O) groups is 2. The summed E-state index contributed by atoms with van der Waals surface area (Å²) in [5, 5.41) is 10.8. The number of rotatable bonds is 2. The topological polar surface area (TPSA) is 88.5 Å². The van der Waals surface area contributed by atoms with Crippen LogP contribution >= 0.6 is 0 Å². The Morgan fingerprint density at radius 1 is 1.39 bits per heavy atom. The quantitative estimate of drug-likeness (QED) is 0.792. The molecule has 2 N–H and O–H groups in total. The van der Waals surface area contributed by atoms with Crippen LogP contribution in [-0.2, 0) is 4.74 Å². The molecule has 0 fully saturated rings. The van der Waals surface area contributed by atoms with E-state index in [-0.39, 0.29) is 5.82 Å². The van der Waals surface area contributed by atoms with Gasteiger partial charge in [0.05, 0.1) is 0 Å². The molecular formula is C11H13FN2O4. The molecule has 6 nitrogen and oxygen atoms in total. The van der Waals surface area contributed by atoms with Crippen LogP contribution in [0.25, 0.3) is 0 Å². The van der Waals surface area contributed by atoms with E-state index in [1.54, 1.807) is 20.8 Å². The highest BCUT2D eigenvalue weighted by molar-refractivity contribution is 5.88. The van der Waals surface area contributed by atoms with Crippen LogP contribution in [0.4, 0.5) is 15.0 Å². The SMILES string of the molecule is CC(C)(C)OC(=O)Nc1ccc(C(=O)O)c(F)n1. The number of carboxylic acid groups (broad SMARTS) is 1. The molecule has 7 heteroatoms. The number of hydrogen-bond donors (Lipinski definition) is 2. The average molecular weight is 256 g/mol. The Morgan fingerprint density at radius 2 is 2.00 bits per heavy atom. The lowest BCUT2D eigenvalue weighted by molar-refractivity contribution is 0.0634. The van der Waals surface area contributed by atoms with Gasteiger partial charge in [-0.2, -0.15) is 4.39 Å². The van der Waals surface area contributed by atoms with Crippen LogP contribution in [0, 0.1) is 5.95 Å². The molecule has 0 aliphatic heterocycles. The van der Waals surface area contributed by atoms with E-state index in [9.17, 15) is 14.0 Å². The Morgan fingerprint density at radius 3 is 2.44 bits per heavy atom. The fourth-order valence-corrected chi connectivity index (χ4v) is 1.07. The molecule has 1 aromatic heterocycles. The van der Waals surface area contributed by atoms with Crippen molar-refractivity contribution in [2.75, 3.05) is 5.32 Å². The molecule has 0 atom stereocenters. The first-order valence-electron chi connectivity index (χ1n) is 5.09. The Kier molecular flexibility index (Phi) is 3.85. The van der Waals surface area contributed by atoms with E-state index in [2.05, 4.69) is 10.3 Å². The first-order chi connectivity index (χ1) is 8.19. The zero-order valence-corrected chi connectivity index (χ0v) is 10.2. The smallest absolute Gasteiger partial charge is 0.413 e. The van der Waals surface area contributed by atoms with E-state index in [1.165, 1.54) is 6.07 Å². The van der Waals surface area contributed by atoms with Gasteiger partial charge in [0.2, 0.25) is 5.95 Å². The van der Waals surface area contributed by atoms with Crippen LogP contribution in [-0.4, -0.2) is 27.8 Å². The molecule has 0 spiro atoms. The van der Waals surface area contributed by atoms with Gasteiger partial charge in [0.15, 0.2) is 0 Å². The minimum Gasteiger partial charge on any atom is -0.478 e. The fourth-order valence-electron chi connectivity index (χ4n) is 1.07. The lowest BCUT2D eigenvalue weighted by atomic mass is 10.2. The summed E-state index contributed by atoms with van der Waals surface area (Å²) in [6.07, 6.45) is -0.794. The normalized spacial score (nSPS) is 10.9. The maximum atomic E-state index is 13.2. The maximum Gasteiger partial charge on any atom is 0.413 e. The van der Waals surface area contributed by atoms with Gasteiger partial charge >= 0.3 is 12.1 Å². The van der Waals surface area contributed by atoms with Crippen molar-refractivity contribution < 1.29 is 23.8 Å². The molecule has 1 aromatic rings. The van der Waals surface area contributed by atoms with E-state index in [0.717, 1.165) is 6.07 Å². The standard InChI is InChI=1S/C11H13FN2O4/c1-11(2,3)18-10(17)14-7-5-4-6(9(15)16)8(12)13-7/h4-5H,1-3H3,(H,15,16)(H,13,14,17). The number of carbonyl (C=O) groups excluding carboxylic acids is 1. The highest BCUT2D eigenvalue weighted by Crippen LogP contribution is 2.12. The zero-order chi connectivity index (χ0) is 13.9. The van der Waals surface area contributed by atoms with Crippen LogP contribution in [0.3, 0.4) is 0 Å². The predicted molar refractivity (Wildman–Crippen MR) is 61.0 cm³/mol. The third kappa shape index (κ3) is 4.00. The van der Waals surface area contributed by atoms with Crippen molar-refractivity contribution in [1.29, 1.82) is 0 Å². The molecule has 1 rings (SSSR count). The van der Waals surface area contributed by atoms with Crippen LogP contribution in [0.15, 0.2) is 12.1 Å². The van der Waals surface area contributed by atoms with E-state index >= 15 is 0 Å². The minimum absolute atomic E-state index is 0.119. The van der Waals surface area contributed by atoms with Gasteiger partial charge in [-0.15, -0.1) is 0 Å². The van der Waals surface area contributed by atoms with Crippen molar-refractivity contribution in [1.82, 2.24) is 4.98 Å². The molecule has 0 radical (unpaired) electrons. The zero-order valence-electron chi connectivity index (χ0n) is 10.2. The van der Waals surface area contributed by atoms with Crippen molar-refractivity contribution in [2.24, 2.45) is 0 Å². The molecule has 0 saturated carbocycles. The molecule has 0 unspecified atom stereocenters. The van der Waals surface area contributed by atoms with Crippen LogP contribution in [0.1, 0.15) is 31.1 Å². The first kappa shape index (κ1) is 13.9. The third-order valence-electron chi connectivity index (χ3n) is 1.71. The van der Waals surface area contributed by atoms with Crippen molar-refractivity contribution in [3.63, 3.8) is 0 Å². The van der Waals surface area contributed by atoms with Crippen LogP contribution in [0.5, 0.6) is 0 Å². The summed E-state index contributed by atoms with van der Waals surface area (Å²) in [7, 11) is 0. The molecule has 0 saturated heterocycles. The summed E-state index contributed by atoms with van der Waals surface area (Å²) < 4.78 is 18.1. The Balaban J connectivity index is 2.78. The van der Waals surface area contributed by atoms with Gasteiger partial charge in [-0.1, -0.05) is 0 Å². The van der Waals surface area contributed by atoms with E-state index in [4.69, 9.17) is 9.84 Å². The summed E-state index contributed by atoms with van der Waals surface area (Å²) in [6.45, 7) is 5.02. The summed E-state index contributed by atoms with van der Waals surface area (Å²) in [5.41, 5.74) is -1.26. The average Bonchev–Trinajstić information content (AvgIpc) is 2.13. The monoisotopic (exact) mass is 256 g/mol. The number of aromatic nitrogens is 1. The maximum absolute atomic E-state index is 13.2. The second-order valence-electron chi connectivity index (χ2n) is 4.47. The van der Waals surface area contributed by atoms with Crippen molar-refractivity contribution in [2.45, 2.75) is 26.4 Å².